The first kappa shape index (κ1) is 22.3. The van der Waals surface area contributed by atoms with Gasteiger partial charge in [-0.2, -0.15) is 8.99 Å². The first-order chi connectivity index (χ1) is 15.3. The maximum Gasteiger partial charge on any atom is 0.243 e. The molecule has 1 aliphatic rings. The van der Waals surface area contributed by atoms with E-state index in [0.29, 0.717) is 10.8 Å². The number of carbonyl (C=O) groups is 1. The first-order valence-corrected chi connectivity index (χ1v) is 12.0. The van der Waals surface area contributed by atoms with E-state index in [-0.39, 0.29) is 42.7 Å². The van der Waals surface area contributed by atoms with Crippen LogP contribution in [0, 0.1) is 11.6 Å². The van der Waals surface area contributed by atoms with Gasteiger partial charge in [0.15, 0.2) is 0 Å². The molecule has 1 amide bonds. The standard InChI is InChI=1S/C19H18F2N6O3S2/c20-14-4-6-17(7-5-14)32(29,30)26-10-8-25(9-11-26)18(28)13-31-19-22-23-24-27(19)16-3-1-2-15(21)12-16/h1-7,12H,8-11,13H2. The second kappa shape index (κ2) is 9.30. The van der Waals surface area contributed by atoms with Gasteiger partial charge in [0.05, 0.1) is 16.3 Å². The summed E-state index contributed by atoms with van der Waals surface area (Å²) < 4.78 is 54.6. The van der Waals surface area contributed by atoms with Crippen LogP contribution in [-0.2, 0) is 14.8 Å². The van der Waals surface area contributed by atoms with Gasteiger partial charge in [0, 0.05) is 26.2 Å². The number of piperazine rings is 1. The molecular weight excluding hydrogens is 462 g/mol. The maximum absolute atomic E-state index is 13.5. The van der Waals surface area contributed by atoms with Crippen molar-refractivity contribution in [3.63, 3.8) is 0 Å². The lowest BCUT2D eigenvalue weighted by Crippen LogP contribution is -2.50. The van der Waals surface area contributed by atoms with E-state index in [4.69, 9.17) is 0 Å². The van der Waals surface area contributed by atoms with Crippen LogP contribution in [0.3, 0.4) is 0 Å². The van der Waals surface area contributed by atoms with Crippen molar-refractivity contribution in [1.82, 2.24) is 29.4 Å². The number of benzene rings is 2. The van der Waals surface area contributed by atoms with Gasteiger partial charge in [0.1, 0.15) is 11.6 Å². The van der Waals surface area contributed by atoms with Crippen molar-refractivity contribution >= 4 is 27.7 Å². The van der Waals surface area contributed by atoms with Gasteiger partial charge in [0.25, 0.3) is 0 Å². The Morgan fingerprint density at radius 2 is 1.72 bits per heavy atom. The third-order valence-corrected chi connectivity index (χ3v) is 7.68. The minimum absolute atomic E-state index is 0.0124. The molecule has 0 aliphatic carbocycles. The molecule has 0 bridgehead atoms. The van der Waals surface area contributed by atoms with Gasteiger partial charge in [-0.15, -0.1) is 5.10 Å². The topological polar surface area (TPSA) is 101 Å². The van der Waals surface area contributed by atoms with Crippen LogP contribution in [0.4, 0.5) is 8.78 Å². The third-order valence-electron chi connectivity index (χ3n) is 4.86. The maximum atomic E-state index is 13.5. The number of carbonyl (C=O) groups excluding carboxylic acids is 1. The van der Waals surface area contributed by atoms with Crippen LogP contribution in [0.2, 0.25) is 0 Å². The van der Waals surface area contributed by atoms with Gasteiger partial charge in [0.2, 0.25) is 21.1 Å². The predicted molar refractivity (Wildman–Crippen MR) is 112 cm³/mol. The van der Waals surface area contributed by atoms with Crippen molar-refractivity contribution in [1.29, 1.82) is 0 Å². The summed E-state index contributed by atoms with van der Waals surface area (Å²) in [4.78, 5) is 14.2. The second-order valence-corrected chi connectivity index (χ2v) is 9.76. The quantitative estimate of drug-likeness (QED) is 0.494. The minimum atomic E-state index is -3.75. The zero-order chi connectivity index (χ0) is 22.7. The van der Waals surface area contributed by atoms with E-state index in [1.165, 1.54) is 39.3 Å². The smallest absolute Gasteiger partial charge is 0.243 e. The fraction of sp³-hybridized carbons (Fsp3) is 0.263. The molecule has 1 saturated heterocycles. The fourth-order valence-electron chi connectivity index (χ4n) is 3.19. The highest BCUT2D eigenvalue weighted by molar-refractivity contribution is 7.99. The Morgan fingerprint density at radius 3 is 2.41 bits per heavy atom. The van der Waals surface area contributed by atoms with Crippen LogP contribution in [-0.4, -0.2) is 75.7 Å². The molecule has 0 atom stereocenters. The van der Waals surface area contributed by atoms with E-state index in [9.17, 15) is 22.0 Å². The number of hydrogen-bond acceptors (Lipinski definition) is 7. The lowest BCUT2D eigenvalue weighted by Gasteiger charge is -2.34. The lowest BCUT2D eigenvalue weighted by molar-refractivity contribution is -0.129. The predicted octanol–water partition coefficient (Wildman–Crippen LogP) is 1.57. The normalized spacial score (nSPS) is 15.1. The van der Waals surface area contributed by atoms with Crippen molar-refractivity contribution < 1.29 is 22.0 Å². The summed E-state index contributed by atoms with van der Waals surface area (Å²) in [5, 5.41) is 11.6. The van der Waals surface area contributed by atoms with E-state index in [0.717, 1.165) is 23.9 Å². The summed E-state index contributed by atoms with van der Waals surface area (Å²) in [6.07, 6.45) is 0. The van der Waals surface area contributed by atoms with Crippen molar-refractivity contribution in [2.24, 2.45) is 0 Å². The minimum Gasteiger partial charge on any atom is -0.339 e. The van der Waals surface area contributed by atoms with E-state index in [1.807, 2.05) is 0 Å². The molecular formula is C19H18F2N6O3S2. The van der Waals surface area contributed by atoms with Crippen LogP contribution >= 0.6 is 11.8 Å². The molecule has 4 rings (SSSR count). The van der Waals surface area contributed by atoms with Crippen LogP contribution in [0.15, 0.2) is 58.6 Å². The molecule has 32 heavy (non-hydrogen) atoms. The summed E-state index contributed by atoms with van der Waals surface area (Å²) in [6.45, 7) is 0.734. The highest BCUT2D eigenvalue weighted by Crippen LogP contribution is 2.21. The van der Waals surface area contributed by atoms with E-state index >= 15 is 0 Å². The molecule has 1 fully saturated rings. The molecule has 2 heterocycles. The van der Waals surface area contributed by atoms with Crippen molar-refractivity contribution in [3.8, 4) is 5.69 Å². The summed E-state index contributed by atoms with van der Waals surface area (Å²) >= 11 is 1.11. The molecule has 0 spiro atoms. The average Bonchev–Trinajstić information content (AvgIpc) is 3.26. The van der Waals surface area contributed by atoms with Crippen molar-refractivity contribution in [3.05, 3.63) is 60.2 Å². The third kappa shape index (κ3) is 4.79. The SMILES string of the molecule is O=C(CSc1nnnn1-c1cccc(F)c1)N1CCN(S(=O)(=O)c2ccc(F)cc2)CC1. The molecule has 13 heteroatoms. The highest BCUT2D eigenvalue weighted by Gasteiger charge is 2.30. The number of rotatable bonds is 6. The molecule has 0 saturated carbocycles. The molecule has 2 aromatic carbocycles. The number of hydrogen-bond donors (Lipinski definition) is 0. The summed E-state index contributed by atoms with van der Waals surface area (Å²) in [5.41, 5.74) is 0.435. The lowest BCUT2D eigenvalue weighted by atomic mass is 10.3. The zero-order valence-corrected chi connectivity index (χ0v) is 18.3. The van der Waals surface area contributed by atoms with E-state index in [2.05, 4.69) is 15.5 Å². The first-order valence-electron chi connectivity index (χ1n) is 9.55. The number of tetrazole rings is 1. The number of amides is 1. The highest BCUT2D eigenvalue weighted by atomic mass is 32.2. The average molecular weight is 481 g/mol. The van der Waals surface area contributed by atoms with Crippen LogP contribution in [0.25, 0.3) is 5.69 Å². The van der Waals surface area contributed by atoms with Gasteiger partial charge >= 0.3 is 0 Å². The number of thioether (sulfide) groups is 1. The molecule has 1 aliphatic heterocycles. The molecule has 1 aromatic heterocycles. The van der Waals surface area contributed by atoms with Crippen molar-refractivity contribution in [2.45, 2.75) is 10.1 Å². The molecule has 0 radical (unpaired) electrons. The molecule has 168 valence electrons. The van der Waals surface area contributed by atoms with Gasteiger partial charge < -0.3 is 4.90 Å². The Bertz CT molecular complexity index is 1210. The Balaban J connectivity index is 1.34. The fourth-order valence-corrected chi connectivity index (χ4v) is 5.41. The van der Waals surface area contributed by atoms with E-state index in [1.54, 1.807) is 11.0 Å². The van der Waals surface area contributed by atoms with Crippen LogP contribution < -0.4 is 0 Å². The zero-order valence-electron chi connectivity index (χ0n) is 16.6. The Morgan fingerprint density at radius 1 is 1.00 bits per heavy atom. The number of halogens is 2. The Hall–Kier alpha value is -2.90. The Kier molecular flexibility index (Phi) is 6.48. The summed E-state index contributed by atoms with van der Waals surface area (Å²) in [5.74, 6) is -1.10. The number of aromatic nitrogens is 4. The van der Waals surface area contributed by atoms with Crippen LogP contribution in [0.5, 0.6) is 0 Å². The van der Waals surface area contributed by atoms with Crippen LogP contribution in [0.1, 0.15) is 0 Å². The monoisotopic (exact) mass is 480 g/mol. The second-order valence-electron chi connectivity index (χ2n) is 6.88. The molecule has 0 unspecified atom stereocenters. The number of sulfonamides is 1. The van der Waals surface area contributed by atoms with Gasteiger partial charge in [-0.05, 0) is 52.9 Å². The van der Waals surface area contributed by atoms with Gasteiger partial charge in [-0.3, -0.25) is 4.79 Å². The van der Waals surface area contributed by atoms with Crippen molar-refractivity contribution in [2.75, 3.05) is 31.9 Å². The largest absolute Gasteiger partial charge is 0.339 e. The molecule has 0 N–H and O–H groups in total. The molecule has 9 nitrogen and oxygen atoms in total. The summed E-state index contributed by atoms with van der Waals surface area (Å²) in [6, 6.07) is 10.4. The number of nitrogens with zero attached hydrogens (tertiary/aromatic N) is 6. The van der Waals surface area contributed by atoms with Gasteiger partial charge in [-0.1, -0.05) is 17.8 Å². The summed E-state index contributed by atoms with van der Waals surface area (Å²) in [7, 11) is -3.75. The van der Waals surface area contributed by atoms with Gasteiger partial charge in [-0.25, -0.2) is 17.2 Å². The van der Waals surface area contributed by atoms with E-state index < -0.39 is 21.7 Å². The molecule has 3 aromatic rings. The Labute approximate surface area is 187 Å².